The van der Waals surface area contributed by atoms with Gasteiger partial charge in [-0.25, -0.2) is 9.67 Å². The zero-order valence-corrected chi connectivity index (χ0v) is 17.5. The predicted octanol–water partition coefficient (Wildman–Crippen LogP) is 3.36. The number of piperazine rings is 1. The fraction of sp³-hybridized carbons (Fsp3) is 0.318. The van der Waals surface area contributed by atoms with E-state index in [1.165, 1.54) is 29.0 Å². The molecule has 0 spiro atoms. The van der Waals surface area contributed by atoms with E-state index in [0.717, 1.165) is 30.9 Å². The summed E-state index contributed by atoms with van der Waals surface area (Å²) in [5, 5.41) is 6.59. The average Bonchev–Trinajstić information content (AvgIpc) is 3.28. The van der Waals surface area contributed by atoms with Crippen molar-refractivity contribution in [2.24, 2.45) is 0 Å². The van der Waals surface area contributed by atoms with E-state index in [0.29, 0.717) is 18.8 Å². The Morgan fingerprint density at radius 1 is 1.09 bits per heavy atom. The number of benzene rings is 2. The van der Waals surface area contributed by atoms with E-state index in [4.69, 9.17) is 0 Å². The number of alkyl halides is 3. The molecule has 0 atom stereocenters. The topological polar surface area (TPSA) is 66.3 Å². The molecule has 0 aliphatic carbocycles. The van der Waals surface area contributed by atoms with Gasteiger partial charge < -0.3 is 10.2 Å². The third-order valence-corrected chi connectivity index (χ3v) is 5.37. The van der Waals surface area contributed by atoms with Crippen molar-refractivity contribution in [3.05, 3.63) is 66.2 Å². The SMILES string of the molecule is Cc1cccc(N2CCN(CC(=O)Nc3cc(C(F)(F)F)ccc3-n3cncn3)CC2)c1. The molecule has 0 saturated carbocycles. The third-order valence-electron chi connectivity index (χ3n) is 5.37. The van der Waals surface area contributed by atoms with Crippen LogP contribution in [0.4, 0.5) is 24.5 Å². The first kappa shape index (κ1) is 21.8. The summed E-state index contributed by atoms with van der Waals surface area (Å²) in [7, 11) is 0. The Balaban J connectivity index is 1.42. The van der Waals surface area contributed by atoms with Crippen molar-refractivity contribution in [2.75, 3.05) is 42.9 Å². The van der Waals surface area contributed by atoms with Crippen LogP contribution in [0, 0.1) is 6.92 Å². The third kappa shape index (κ3) is 5.08. The molecule has 4 rings (SSSR count). The second-order valence-corrected chi connectivity index (χ2v) is 7.72. The van der Waals surface area contributed by atoms with Gasteiger partial charge in [-0.05, 0) is 42.8 Å². The van der Waals surface area contributed by atoms with E-state index in [1.54, 1.807) is 0 Å². The van der Waals surface area contributed by atoms with E-state index in [1.807, 2.05) is 24.0 Å². The van der Waals surface area contributed by atoms with Gasteiger partial charge in [-0.1, -0.05) is 12.1 Å². The highest BCUT2D eigenvalue weighted by Crippen LogP contribution is 2.33. The number of nitrogens with zero attached hydrogens (tertiary/aromatic N) is 5. The first-order valence-corrected chi connectivity index (χ1v) is 10.2. The minimum absolute atomic E-state index is 0.0359. The highest BCUT2D eigenvalue weighted by Gasteiger charge is 2.31. The number of nitrogens with one attached hydrogen (secondary N) is 1. The van der Waals surface area contributed by atoms with E-state index in [2.05, 4.69) is 32.4 Å². The van der Waals surface area contributed by atoms with Gasteiger partial charge in [-0.2, -0.15) is 18.3 Å². The number of carbonyl (C=O) groups excluding carboxylic acids is 1. The van der Waals surface area contributed by atoms with Crippen LogP contribution in [0.25, 0.3) is 5.69 Å². The van der Waals surface area contributed by atoms with Crippen LogP contribution in [0.15, 0.2) is 55.1 Å². The van der Waals surface area contributed by atoms with Crippen molar-refractivity contribution in [1.82, 2.24) is 19.7 Å². The Hall–Kier alpha value is -3.40. The molecule has 1 aliphatic heterocycles. The van der Waals surface area contributed by atoms with Crippen LogP contribution in [0.5, 0.6) is 0 Å². The summed E-state index contributed by atoms with van der Waals surface area (Å²) in [4.78, 5) is 20.7. The number of aryl methyl sites for hydroxylation is 1. The van der Waals surface area contributed by atoms with Crippen molar-refractivity contribution >= 4 is 17.3 Å². The summed E-state index contributed by atoms with van der Waals surface area (Å²) in [6.45, 7) is 5.04. The molecule has 2 aromatic carbocycles. The normalized spacial score (nSPS) is 15.1. The molecule has 0 unspecified atom stereocenters. The van der Waals surface area contributed by atoms with Crippen LogP contribution in [0.1, 0.15) is 11.1 Å². The first-order valence-electron chi connectivity index (χ1n) is 10.2. The maximum atomic E-state index is 13.2. The highest BCUT2D eigenvalue weighted by atomic mass is 19.4. The van der Waals surface area contributed by atoms with Gasteiger partial charge in [0.1, 0.15) is 12.7 Å². The lowest BCUT2D eigenvalue weighted by atomic mass is 10.1. The van der Waals surface area contributed by atoms with Crippen molar-refractivity contribution in [1.29, 1.82) is 0 Å². The molecule has 168 valence electrons. The van der Waals surface area contributed by atoms with Crippen LogP contribution in [0.3, 0.4) is 0 Å². The molecule has 10 heteroatoms. The number of amides is 1. The summed E-state index contributed by atoms with van der Waals surface area (Å²) in [6.07, 6.45) is -1.88. The number of halogens is 3. The van der Waals surface area contributed by atoms with Crippen LogP contribution in [0.2, 0.25) is 0 Å². The van der Waals surface area contributed by atoms with Gasteiger partial charge in [-0.15, -0.1) is 0 Å². The summed E-state index contributed by atoms with van der Waals surface area (Å²) in [5.74, 6) is -0.380. The number of carbonyl (C=O) groups is 1. The maximum absolute atomic E-state index is 13.2. The van der Waals surface area contributed by atoms with Crippen molar-refractivity contribution in [3.8, 4) is 5.69 Å². The number of rotatable bonds is 5. The van der Waals surface area contributed by atoms with Crippen molar-refractivity contribution < 1.29 is 18.0 Å². The van der Waals surface area contributed by atoms with Gasteiger partial charge in [0, 0.05) is 31.9 Å². The van der Waals surface area contributed by atoms with Crippen LogP contribution < -0.4 is 10.2 Å². The van der Waals surface area contributed by atoms with E-state index >= 15 is 0 Å². The van der Waals surface area contributed by atoms with E-state index in [-0.39, 0.29) is 18.1 Å². The van der Waals surface area contributed by atoms with Crippen LogP contribution in [-0.2, 0) is 11.0 Å². The van der Waals surface area contributed by atoms with Gasteiger partial charge in [0.05, 0.1) is 23.5 Å². The van der Waals surface area contributed by atoms with Crippen LogP contribution in [-0.4, -0.2) is 58.3 Å². The average molecular weight is 444 g/mol. The van der Waals surface area contributed by atoms with Crippen LogP contribution >= 0.6 is 0 Å². The monoisotopic (exact) mass is 444 g/mol. The van der Waals surface area contributed by atoms with Gasteiger partial charge in [-0.3, -0.25) is 9.69 Å². The molecule has 0 radical (unpaired) electrons. The minimum atomic E-state index is -4.52. The van der Waals surface area contributed by atoms with E-state index in [9.17, 15) is 18.0 Å². The molecule has 2 heterocycles. The summed E-state index contributed by atoms with van der Waals surface area (Å²) in [6, 6.07) is 11.4. The lowest BCUT2D eigenvalue weighted by Crippen LogP contribution is -2.48. The molecule has 7 nitrogen and oxygen atoms in total. The Bertz CT molecular complexity index is 1080. The second-order valence-electron chi connectivity index (χ2n) is 7.72. The van der Waals surface area contributed by atoms with Gasteiger partial charge in [0.2, 0.25) is 5.91 Å². The molecular formula is C22H23F3N6O. The number of aromatic nitrogens is 3. The quantitative estimate of drug-likeness (QED) is 0.654. The predicted molar refractivity (Wildman–Crippen MR) is 115 cm³/mol. The molecule has 0 bridgehead atoms. The van der Waals surface area contributed by atoms with Gasteiger partial charge in [0.15, 0.2) is 0 Å². The lowest BCUT2D eigenvalue weighted by molar-refractivity contribution is -0.137. The molecular weight excluding hydrogens is 421 g/mol. The molecule has 1 amide bonds. The molecule has 1 aliphatic rings. The molecule has 1 fully saturated rings. The fourth-order valence-electron chi connectivity index (χ4n) is 3.73. The standard InChI is InChI=1S/C22H23F3N6O/c1-16-3-2-4-18(11-16)30-9-7-29(8-10-30)13-21(32)28-19-12-17(22(23,24)25)5-6-20(19)31-15-26-14-27-31/h2-6,11-12,14-15H,7-10,13H2,1H3,(H,28,32). The number of hydrogen-bond acceptors (Lipinski definition) is 5. The second kappa shape index (κ2) is 8.99. The highest BCUT2D eigenvalue weighted by molar-refractivity contribution is 5.94. The van der Waals surface area contributed by atoms with Gasteiger partial charge in [0.25, 0.3) is 0 Å². The molecule has 1 N–H and O–H groups in total. The molecule has 32 heavy (non-hydrogen) atoms. The summed E-state index contributed by atoms with van der Waals surface area (Å²) < 4.78 is 40.9. The maximum Gasteiger partial charge on any atom is 0.416 e. The number of hydrogen-bond donors (Lipinski definition) is 1. The van der Waals surface area contributed by atoms with Gasteiger partial charge >= 0.3 is 6.18 Å². The van der Waals surface area contributed by atoms with E-state index < -0.39 is 11.7 Å². The Kier molecular flexibility index (Phi) is 6.13. The molecule has 1 saturated heterocycles. The summed E-state index contributed by atoms with van der Waals surface area (Å²) >= 11 is 0. The zero-order chi connectivity index (χ0) is 22.7. The Labute approximate surface area is 183 Å². The number of anilines is 2. The summed E-state index contributed by atoms with van der Waals surface area (Å²) in [5.41, 5.74) is 1.84. The molecule has 1 aromatic heterocycles. The largest absolute Gasteiger partial charge is 0.416 e. The fourth-order valence-corrected chi connectivity index (χ4v) is 3.73. The minimum Gasteiger partial charge on any atom is -0.369 e. The Morgan fingerprint density at radius 3 is 2.53 bits per heavy atom. The Morgan fingerprint density at radius 2 is 1.88 bits per heavy atom. The smallest absolute Gasteiger partial charge is 0.369 e. The first-order chi connectivity index (χ1) is 15.3. The molecule has 3 aromatic rings. The lowest BCUT2D eigenvalue weighted by Gasteiger charge is -2.35. The van der Waals surface area contributed by atoms with Crippen molar-refractivity contribution in [3.63, 3.8) is 0 Å². The zero-order valence-electron chi connectivity index (χ0n) is 17.5. The van der Waals surface area contributed by atoms with Crippen molar-refractivity contribution in [2.45, 2.75) is 13.1 Å².